The summed E-state index contributed by atoms with van der Waals surface area (Å²) >= 11 is 0. The standard InChI is InChI=1S/C9H12O2/c10-8-6-2-1-3-7(5-4-6)9(8)11/h6-7H,1-5H2/t6-,7+. The van der Waals surface area contributed by atoms with Gasteiger partial charge in [-0.15, -0.1) is 0 Å². The van der Waals surface area contributed by atoms with Crippen molar-refractivity contribution >= 4 is 11.6 Å². The van der Waals surface area contributed by atoms with Crippen molar-refractivity contribution < 1.29 is 9.59 Å². The molecular weight excluding hydrogens is 140 g/mol. The lowest BCUT2D eigenvalue weighted by molar-refractivity contribution is -0.143. The SMILES string of the molecule is O=C1C(=O)[C@H]2CCC[C@@H]1CC2. The highest BCUT2D eigenvalue weighted by Crippen LogP contribution is 2.34. The molecule has 0 amide bonds. The van der Waals surface area contributed by atoms with Crippen LogP contribution in [-0.2, 0) is 9.59 Å². The van der Waals surface area contributed by atoms with Gasteiger partial charge in [-0.1, -0.05) is 6.42 Å². The van der Waals surface area contributed by atoms with Gasteiger partial charge in [0.15, 0.2) is 0 Å². The molecule has 0 aromatic heterocycles. The van der Waals surface area contributed by atoms with Crippen LogP contribution in [0.25, 0.3) is 0 Å². The highest BCUT2D eigenvalue weighted by atomic mass is 16.2. The van der Waals surface area contributed by atoms with Gasteiger partial charge in [-0.3, -0.25) is 9.59 Å². The topological polar surface area (TPSA) is 34.1 Å². The van der Waals surface area contributed by atoms with E-state index in [2.05, 4.69) is 0 Å². The van der Waals surface area contributed by atoms with Gasteiger partial charge in [0.1, 0.15) is 0 Å². The van der Waals surface area contributed by atoms with Gasteiger partial charge < -0.3 is 0 Å². The molecule has 3 aliphatic carbocycles. The fraction of sp³-hybridized carbons (Fsp3) is 0.778. The van der Waals surface area contributed by atoms with Gasteiger partial charge in [-0.25, -0.2) is 0 Å². The van der Waals surface area contributed by atoms with Crippen LogP contribution in [0.2, 0.25) is 0 Å². The van der Waals surface area contributed by atoms with Crippen molar-refractivity contribution in [2.45, 2.75) is 32.1 Å². The Labute approximate surface area is 66.0 Å². The van der Waals surface area contributed by atoms with Gasteiger partial charge in [0.25, 0.3) is 0 Å². The largest absolute Gasteiger partial charge is 0.291 e. The molecule has 0 saturated heterocycles. The van der Waals surface area contributed by atoms with E-state index in [1.807, 2.05) is 0 Å². The van der Waals surface area contributed by atoms with Crippen molar-refractivity contribution in [2.24, 2.45) is 11.8 Å². The first-order valence-corrected chi connectivity index (χ1v) is 4.37. The van der Waals surface area contributed by atoms with Crippen molar-refractivity contribution in [2.75, 3.05) is 0 Å². The molecule has 2 bridgehead atoms. The predicted molar refractivity (Wildman–Crippen MR) is 40.1 cm³/mol. The summed E-state index contributed by atoms with van der Waals surface area (Å²) in [5.74, 6) is 0.0556. The first kappa shape index (κ1) is 7.01. The smallest absolute Gasteiger partial charge is 0.201 e. The Bertz CT molecular complexity index is 182. The van der Waals surface area contributed by atoms with Gasteiger partial charge in [0.2, 0.25) is 11.6 Å². The molecule has 2 nitrogen and oxygen atoms in total. The normalized spacial score (nSPS) is 37.5. The highest BCUT2D eigenvalue weighted by molar-refractivity contribution is 6.39. The molecule has 60 valence electrons. The van der Waals surface area contributed by atoms with Gasteiger partial charge in [0.05, 0.1) is 0 Å². The van der Waals surface area contributed by atoms with Gasteiger partial charge in [-0.2, -0.15) is 0 Å². The lowest BCUT2D eigenvalue weighted by atomic mass is 9.82. The van der Waals surface area contributed by atoms with E-state index in [0.717, 1.165) is 32.1 Å². The number of ketones is 2. The average Bonchev–Trinajstić information content (AvgIpc) is 2.30. The minimum absolute atomic E-state index is 0.0706. The van der Waals surface area contributed by atoms with Crippen LogP contribution in [0.1, 0.15) is 32.1 Å². The third kappa shape index (κ3) is 1.01. The Morgan fingerprint density at radius 1 is 0.818 bits per heavy atom. The lowest BCUT2D eigenvalue weighted by Crippen LogP contribution is -2.32. The molecule has 0 radical (unpaired) electrons. The number of carbonyl (C=O) groups excluding carboxylic acids is 2. The second-order valence-electron chi connectivity index (χ2n) is 3.63. The number of carbonyl (C=O) groups is 2. The number of rotatable bonds is 0. The zero-order chi connectivity index (χ0) is 7.84. The summed E-state index contributed by atoms with van der Waals surface area (Å²) in [7, 11) is 0. The maximum absolute atomic E-state index is 11.3. The van der Waals surface area contributed by atoms with E-state index >= 15 is 0 Å². The molecule has 3 saturated carbocycles. The monoisotopic (exact) mass is 152 g/mol. The van der Waals surface area contributed by atoms with Crippen LogP contribution in [0.15, 0.2) is 0 Å². The van der Waals surface area contributed by atoms with Crippen LogP contribution in [0.4, 0.5) is 0 Å². The van der Waals surface area contributed by atoms with E-state index in [1.165, 1.54) is 0 Å². The van der Waals surface area contributed by atoms with Crippen molar-refractivity contribution in [3.05, 3.63) is 0 Å². The van der Waals surface area contributed by atoms with Crippen LogP contribution < -0.4 is 0 Å². The van der Waals surface area contributed by atoms with Crippen molar-refractivity contribution in [3.8, 4) is 0 Å². The van der Waals surface area contributed by atoms with Gasteiger partial charge >= 0.3 is 0 Å². The molecule has 2 heteroatoms. The summed E-state index contributed by atoms with van der Waals surface area (Å²) < 4.78 is 0. The minimum atomic E-state index is -0.0706. The summed E-state index contributed by atoms with van der Waals surface area (Å²) in [6.45, 7) is 0. The molecule has 0 unspecified atom stereocenters. The van der Waals surface area contributed by atoms with Crippen LogP contribution in [0.5, 0.6) is 0 Å². The van der Waals surface area contributed by atoms with Crippen molar-refractivity contribution in [3.63, 3.8) is 0 Å². The Morgan fingerprint density at radius 3 is 1.73 bits per heavy atom. The Balaban J connectivity index is 2.28. The first-order valence-electron chi connectivity index (χ1n) is 4.37. The Kier molecular flexibility index (Phi) is 1.55. The van der Waals surface area contributed by atoms with Crippen LogP contribution in [0.3, 0.4) is 0 Å². The Hall–Kier alpha value is -0.660. The number of Topliss-reactive ketones (excluding diaryl/α,β-unsaturated/α-hetero) is 2. The summed E-state index contributed by atoms with van der Waals surface area (Å²) in [6.07, 6.45) is 4.93. The number of hydrogen-bond acceptors (Lipinski definition) is 2. The van der Waals surface area contributed by atoms with Gasteiger partial charge in [-0.05, 0) is 25.7 Å². The van der Waals surface area contributed by atoms with E-state index in [4.69, 9.17) is 0 Å². The first-order chi connectivity index (χ1) is 5.29. The predicted octanol–water partition coefficient (Wildman–Crippen LogP) is 1.33. The third-order valence-electron chi connectivity index (χ3n) is 2.95. The van der Waals surface area contributed by atoms with Crippen LogP contribution in [-0.4, -0.2) is 11.6 Å². The molecule has 3 fully saturated rings. The quantitative estimate of drug-likeness (QED) is 0.491. The van der Waals surface area contributed by atoms with E-state index in [9.17, 15) is 9.59 Å². The summed E-state index contributed by atoms with van der Waals surface area (Å²) in [5, 5.41) is 0. The summed E-state index contributed by atoms with van der Waals surface area (Å²) in [6, 6.07) is 0. The summed E-state index contributed by atoms with van der Waals surface area (Å²) in [5.41, 5.74) is 0. The van der Waals surface area contributed by atoms with E-state index in [-0.39, 0.29) is 23.4 Å². The van der Waals surface area contributed by atoms with Gasteiger partial charge in [0, 0.05) is 11.8 Å². The zero-order valence-electron chi connectivity index (χ0n) is 6.51. The second-order valence-corrected chi connectivity index (χ2v) is 3.63. The van der Waals surface area contributed by atoms with Crippen molar-refractivity contribution in [1.82, 2.24) is 0 Å². The number of fused-ring (bicyclic) bond motifs is 4. The number of hydrogen-bond donors (Lipinski definition) is 0. The average molecular weight is 152 g/mol. The molecule has 11 heavy (non-hydrogen) atoms. The molecular formula is C9H12O2. The maximum atomic E-state index is 11.3. The van der Waals surface area contributed by atoms with E-state index < -0.39 is 0 Å². The van der Waals surface area contributed by atoms with Crippen molar-refractivity contribution in [1.29, 1.82) is 0 Å². The van der Waals surface area contributed by atoms with Crippen LogP contribution in [0, 0.1) is 11.8 Å². The second kappa shape index (κ2) is 2.43. The zero-order valence-corrected chi connectivity index (χ0v) is 6.51. The fourth-order valence-electron chi connectivity index (χ4n) is 2.23. The summed E-state index contributed by atoms with van der Waals surface area (Å²) in [4.78, 5) is 22.5. The lowest BCUT2D eigenvalue weighted by Gasteiger charge is -2.19. The fourth-order valence-corrected chi connectivity index (χ4v) is 2.23. The molecule has 0 spiro atoms. The minimum Gasteiger partial charge on any atom is -0.291 e. The molecule has 0 aromatic carbocycles. The molecule has 2 atom stereocenters. The van der Waals surface area contributed by atoms with E-state index in [1.54, 1.807) is 0 Å². The maximum Gasteiger partial charge on any atom is 0.201 e. The molecule has 0 aromatic rings. The highest BCUT2D eigenvalue weighted by Gasteiger charge is 2.38. The molecule has 3 rings (SSSR count). The molecule has 0 aliphatic heterocycles. The molecule has 3 aliphatic rings. The Morgan fingerprint density at radius 2 is 1.27 bits per heavy atom. The molecule has 0 N–H and O–H groups in total. The van der Waals surface area contributed by atoms with E-state index in [0.29, 0.717) is 0 Å². The third-order valence-corrected chi connectivity index (χ3v) is 2.95. The molecule has 0 heterocycles. The van der Waals surface area contributed by atoms with Crippen LogP contribution >= 0.6 is 0 Å².